The van der Waals surface area contributed by atoms with Gasteiger partial charge in [0.25, 0.3) is 0 Å². The second-order valence-corrected chi connectivity index (χ2v) is 11.9. The maximum absolute atomic E-state index is 12.5. The van der Waals surface area contributed by atoms with Crippen molar-refractivity contribution >= 4 is 23.8 Å². The number of carboxylic acids is 1. The van der Waals surface area contributed by atoms with Crippen LogP contribution in [-0.2, 0) is 23.9 Å². The number of nitrogens with one attached hydrogen (secondary N) is 2. The van der Waals surface area contributed by atoms with E-state index in [2.05, 4.69) is 85.2 Å². The number of aliphatic hydroxyl groups is 1. The van der Waals surface area contributed by atoms with Gasteiger partial charge in [0.05, 0.1) is 13.2 Å². The summed E-state index contributed by atoms with van der Waals surface area (Å²) in [6, 6.07) is -1.39. The molecule has 0 saturated carbocycles. The first-order chi connectivity index (χ1) is 23.3. The normalized spacial score (nSPS) is 13.2. The van der Waals surface area contributed by atoms with Crippen LogP contribution in [0.15, 0.2) is 60.8 Å². The molecule has 0 spiro atoms. The number of unbranched alkanes of at least 4 members (excludes halogenated alkanes) is 7. The monoisotopic (exact) mass is 672 g/mol. The van der Waals surface area contributed by atoms with Gasteiger partial charge in [0.2, 0.25) is 11.8 Å². The Morgan fingerprint density at radius 2 is 1.19 bits per heavy atom. The van der Waals surface area contributed by atoms with Gasteiger partial charge >= 0.3 is 11.9 Å². The molecule has 0 rings (SSSR count). The van der Waals surface area contributed by atoms with Crippen molar-refractivity contribution < 1.29 is 34.1 Å². The van der Waals surface area contributed by atoms with E-state index in [9.17, 15) is 19.2 Å². The van der Waals surface area contributed by atoms with Crippen LogP contribution in [0.1, 0.15) is 136 Å². The SMILES string of the molecule is CC/C=C\C/C=C\C/C=C\C/C=C\C/C=C\CCCCCC(=O)OC(CCCCC)CCCCCC(=O)NCC(=O)NC(CO)C(=O)O. The van der Waals surface area contributed by atoms with Gasteiger partial charge in [-0.05, 0) is 83.5 Å². The average Bonchev–Trinajstić information content (AvgIpc) is 3.06. The Hall–Kier alpha value is -3.46. The summed E-state index contributed by atoms with van der Waals surface area (Å²) < 4.78 is 5.83. The van der Waals surface area contributed by atoms with Crippen molar-refractivity contribution in [2.45, 2.75) is 148 Å². The molecule has 0 fully saturated rings. The average molecular weight is 673 g/mol. The Labute approximate surface area is 290 Å². The van der Waals surface area contributed by atoms with Crippen LogP contribution in [-0.4, -0.2) is 59.3 Å². The highest BCUT2D eigenvalue weighted by atomic mass is 16.5. The summed E-state index contributed by atoms with van der Waals surface area (Å²) in [5, 5.41) is 22.4. The standard InChI is InChI=1S/C39H64N2O7/c1-3-5-7-8-9-10-11-12-13-14-15-16-17-18-19-20-21-22-27-31-38(45)48-34(28-24-6-4-2)29-25-23-26-30-36(43)40-32-37(44)41-35(33-42)39(46)47/h5,7,9-10,12-13,15-16,18-19,34-35,42H,3-4,6,8,11,14,17,20-33H2,1-2H3,(H,40,43)(H,41,44)(H,46,47)/b7-5-,10-9-,13-12-,16-15-,19-18-. The van der Waals surface area contributed by atoms with E-state index in [1.54, 1.807) is 0 Å². The van der Waals surface area contributed by atoms with E-state index in [4.69, 9.17) is 14.9 Å². The smallest absolute Gasteiger partial charge is 0.328 e. The highest BCUT2D eigenvalue weighted by Crippen LogP contribution is 2.17. The molecule has 0 aliphatic carbocycles. The fourth-order valence-corrected chi connectivity index (χ4v) is 4.74. The summed E-state index contributed by atoms with van der Waals surface area (Å²) in [6.07, 6.45) is 38.6. The van der Waals surface area contributed by atoms with E-state index >= 15 is 0 Å². The maximum Gasteiger partial charge on any atom is 0.328 e. The van der Waals surface area contributed by atoms with E-state index in [0.717, 1.165) is 103 Å². The fourth-order valence-electron chi connectivity index (χ4n) is 4.74. The lowest BCUT2D eigenvalue weighted by molar-refractivity contribution is -0.150. The van der Waals surface area contributed by atoms with E-state index in [0.29, 0.717) is 12.8 Å². The lowest BCUT2D eigenvalue weighted by atomic mass is 10.0. The van der Waals surface area contributed by atoms with Gasteiger partial charge in [-0.15, -0.1) is 0 Å². The zero-order chi connectivity index (χ0) is 35.5. The van der Waals surface area contributed by atoms with Gasteiger partial charge in [0, 0.05) is 12.8 Å². The first kappa shape index (κ1) is 44.5. The highest BCUT2D eigenvalue weighted by molar-refractivity contribution is 5.87. The fraction of sp³-hybridized carbons (Fsp3) is 0.641. The first-order valence-corrected chi connectivity index (χ1v) is 18.2. The van der Waals surface area contributed by atoms with E-state index in [1.807, 2.05) is 0 Å². The quantitative estimate of drug-likeness (QED) is 0.0334. The Morgan fingerprint density at radius 1 is 0.646 bits per heavy atom. The van der Waals surface area contributed by atoms with Gasteiger partial charge in [-0.2, -0.15) is 0 Å². The second kappa shape index (κ2) is 33.4. The number of hydrogen-bond acceptors (Lipinski definition) is 6. The van der Waals surface area contributed by atoms with Gasteiger partial charge in [0.1, 0.15) is 12.1 Å². The maximum atomic E-state index is 12.5. The van der Waals surface area contributed by atoms with Crippen LogP contribution in [0.2, 0.25) is 0 Å². The largest absolute Gasteiger partial charge is 0.480 e. The number of carbonyl (C=O) groups is 4. The molecule has 272 valence electrons. The molecule has 0 radical (unpaired) electrons. The minimum atomic E-state index is -1.39. The number of amides is 2. The lowest BCUT2D eigenvalue weighted by Gasteiger charge is -2.18. The van der Waals surface area contributed by atoms with Crippen molar-refractivity contribution in [3.63, 3.8) is 0 Å². The van der Waals surface area contributed by atoms with Crippen molar-refractivity contribution in [2.75, 3.05) is 13.2 Å². The summed E-state index contributed by atoms with van der Waals surface area (Å²) in [6.45, 7) is 3.22. The predicted octanol–water partition coefficient (Wildman–Crippen LogP) is 7.81. The topological polar surface area (TPSA) is 142 Å². The van der Waals surface area contributed by atoms with Gasteiger partial charge in [-0.3, -0.25) is 14.4 Å². The van der Waals surface area contributed by atoms with Crippen LogP contribution in [0.3, 0.4) is 0 Å². The van der Waals surface area contributed by atoms with Crippen LogP contribution in [0.5, 0.6) is 0 Å². The molecule has 48 heavy (non-hydrogen) atoms. The number of aliphatic hydroxyl groups excluding tert-OH is 1. The van der Waals surface area contributed by atoms with E-state index in [1.165, 1.54) is 0 Å². The number of esters is 1. The number of rotatable bonds is 31. The molecule has 0 saturated heterocycles. The van der Waals surface area contributed by atoms with Crippen molar-refractivity contribution in [3.05, 3.63) is 60.8 Å². The molecule has 2 amide bonds. The number of carbonyl (C=O) groups excluding carboxylic acids is 3. The van der Waals surface area contributed by atoms with Gasteiger partial charge in [-0.25, -0.2) is 4.79 Å². The van der Waals surface area contributed by atoms with Crippen LogP contribution < -0.4 is 10.6 Å². The number of allylic oxidation sites excluding steroid dienone is 10. The molecule has 0 heterocycles. The molecule has 0 bridgehead atoms. The summed E-state index contributed by atoms with van der Waals surface area (Å²) in [7, 11) is 0. The van der Waals surface area contributed by atoms with Crippen molar-refractivity contribution in [2.24, 2.45) is 0 Å². The molecular weight excluding hydrogens is 608 g/mol. The molecule has 0 aromatic carbocycles. The van der Waals surface area contributed by atoms with Crippen molar-refractivity contribution in [1.29, 1.82) is 0 Å². The Balaban J connectivity index is 4.06. The first-order valence-electron chi connectivity index (χ1n) is 18.2. The van der Waals surface area contributed by atoms with Crippen LogP contribution in [0, 0.1) is 0 Å². The van der Waals surface area contributed by atoms with Gasteiger partial charge in [0.15, 0.2) is 0 Å². The lowest BCUT2D eigenvalue weighted by Crippen LogP contribution is -2.47. The van der Waals surface area contributed by atoms with Crippen molar-refractivity contribution in [3.8, 4) is 0 Å². The summed E-state index contributed by atoms with van der Waals surface area (Å²) >= 11 is 0. The molecule has 0 aliphatic rings. The van der Waals surface area contributed by atoms with Crippen LogP contribution in [0.4, 0.5) is 0 Å². The van der Waals surface area contributed by atoms with Crippen LogP contribution in [0.25, 0.3) is 0 Å². The minimum Gasteiger partial charge on any atom is -0.480 e. The number of aliphatic carboxylic acids is 1. The Kier molecular flexibility index (Phi) is 31.0. The zero-order valence-electron chi connectivity index (χ0n) is 29.7. The molecule has 0 aliphatic heterocycles. The number of ether oxygens (including phenoxy) is 1. The Bertz CT molecular complexity index is 1000. The van der Waals surface area contributed by atoms with E-state index < -0.39 is 24.5 Å². The molecule has 0 aromatic rings. The third kappa shape index (κ3) is 29.9. The summed E-state index contributed by atoms with van der Waals surface area (Å²) in [5.74, 6) is -2.44. The minimum absolute atomic E-state index is 0.100. The molecule has 9 heteroatoms. The molecule has 0 aromatic heterocycles. The Morgan fingerprint density at radius 3 is 1.75 bits per heavy atom. The van der Waals surface area contributed by atoms with Crippen LogP contribution >= 0.6 is 0 Å². The van der Waals surface area contributed by atoms with Crippen molar-refractivity contribution in [1.82, 2.24) is 10.6 Å². The third-order valence-corrected chi connectivity index (χ3v) is 7.53. The molecule has 2 unspecified atom stereocenters. The molecule has 2 atom stereocenters. The third-order valence-electron chi connectivity index (χ3n) is 7.53. The number of hydrogen-bond donors (Lipinski definition) is 4. The summed E-state index contributed by atoms with van der Waals surface area (Å²) in [5.41, 5.74) is 0. The zero-order valence-corrected chi connectivity index (χ0v) is 29.7. The van der Waals surface area contributed by atoms with E-state index in [-0.39, 0.29) is 30.9 Å². The number of carboxylic acid groups (broad SMARTS) is 1. The second-order valence-electron chi connectivity index (χ2n) is 11.9. The summed E-state index contributed by atoms with van der Waals surface area (Å²) in [4.78, 5) is 47.1. The predicted molar refractivity (Wildman–Crippen MR) is 194 cm³/mol. The molecular formula is C39H64N2O7. The molecule has 4 N–H and O–H groups in total. The molecule has 9 nitrogen and oxygen atoms in total. The highest BCUT2D eigenvalue weighted by Gasteiger charge is 2.19. The van der Waals surface area contributed by atoms with Gasteiger partial charge in [-0.1, -0.05) is 100 Å². The van der Waals surface area contributed by atoms with Gasteiger partial charge < -0.3 is 25.6 Å².